The lowest BCUT2D eigenvalue weighted by atomic mass is 10.2. The molecule has 0 aliphatic carbocycles. The maximum Gasteiger partial charge on any atom is 0.271 e. The van der Waals surface area contributed by atoms with Crippen LogP contribution in [-0.4, -0.2) is 43.0 Å². The van der Waals surface area contributed by atoms with Gasteiger partial charge in [-0.25, -0.2) is 4.98 Å². The Morgan fingerprint density at radius 1 is 1.28 bits per heavy atom. The minimum Gasteiger partial charge on any atom is -0.492 e. The van der Waals surface area contributed by atoms with Crippen LogP contribution in [0.25, 0.3) is 0 Å². The van der Waals surface area contributed by atoms with Crippen molar-refractivity contribution in [3.63, 3.8) is 0 Å². The molecule has 0 fully saturated rings. The average molecular weight is 407 g/mol. The van der Waals surface area contributed by atoms with Gasteiger partial charge in [0.15, 0.2) is 0 Å². The fourth-order valence-corrected chi connectivity index (χ4v) is 2.49. The Balaban J connectivity index is 0.00000288. The molecule has 0 saturated carbocycles. The Kier molecular flexibility index (Phi) is 11.4. The third-order valence-corrected chi connectivity index (χ3v) is 4.01. The standard InChI is InChI=1S/C16H22N4O2S.2ClH/c1-20(2)7-8-22-13-5-3-12(4-6-13)10-18-16(21)14-11-23-15(9-17)19-14;;/h3-6,11H,7-10,17H2,1-2H3,(H,18,21);2*1H. The Bertz CT molecular complexity index is 635. The fraction of sp³-hybridized carbons (Fsp3) is 0.375. The molecule has 1 aromatic carbocycles. The number of benzene rings is 1. The zero-order chi connectivity index (χ0) is 16.7. The molecule has 0 bridgehead atoms. The second-order valence-corrected chi connectivity index (χ2v) is 6.25. The van der Waals surface area contributed by atoms with E-state index in [0.29, 0.717) is 25.4 Å². The molecule has 0 unspecified atom stereocenters. The molecule has 25 heavy (non-hydrogen) atoms. The molecule has 3 N–H and O–H groups in total. The summed E-state index contributed by atoms with van der Waals surface area (Å²) in [6.45, 7) is 2.33. The molecular weight excluding hydrogens is 383 g/mol. The van der Waals surface area contributed by atoms with Gasteiger partial charge < -0.3 is 20.7 Å². The van der Waals surface area contributed by atoms with Gasteiger partial charge in [-0.3, -0.25) is 4.79 Å². The second-order valence-electron chi connectivity index (χ2n) is 5.31. The van der Waals surface area contributed by atoms with Gasteiger partial charge in [-0.05, 0) is 31.8 Å². The van der Waals surface area contributed by atoms with Crippen LogP contribution in [0.2, 0.25) is 0 Å². The van der Waals surface area contributed by atoms with E-state index >= 15 is 0 Å². The van der Waals surface area contributed by atoms with E-state index < -0.39 is 0 Å². The topological polar surface area (TPSA) is 80.5 Å². The number of amides is 1. The third kappa shape index (κ3) is 8.02. The molecule has 140 valence electrons. The van der Waals surface area contributed by atoms with Crippen molar-refractivity contribution >= 4 is 42.1 Å². The number of nitrogens with one attached hydrogen (secondary N) is 1. The smallest absolute Gasteiger partial charge is 0.271 e. The molecule has 0 spiro atoms. The minimum absolute atomic E-state index is 0. The number of carbonyl (C=O) groups excluding carboxylic acids is 1. The SMILES string of the molecule is CN(C)CCOc1ccc(CNC(=O)c2csc(CN)n2)cc1.Cl.Cl. The highest BCUT2D eigenvalue weighted by atomic mass is 35.5. The van der Waals surface area contributed by atoms with Crippen LogP contribution in [-0.2, 0) is 13.1 Å². The average Bonchev–Trinajstić information content (AvgIpc) is 3.02. The quantitative estimate of drug-likeness (QED) is 0.702. The highest BCUT2D eigenvalue weighted by molar-refractivity contribution is 7.09. The first-order chi connectivity index (χ1) is 11.1. The van der Waals surface area contributed by atoms with Crippen LogP contribution in [0.5, 0.6) is 5.75 Å². The monoisotopic (exact) mass is 406 g/mol. The number of thiazole rings is 1. The lowest BCUT2D eigenvalue weighted by Gasteiger charge is -2.11. The van der Waals surface area contributed by atoms with Crippen molar-refractivity contribution in [2.45, 2.75) is 13.1 Å². The van der Waals surface area contributed by atoms with Gasteiger partial charge in [-0.2, -0.15) is 0 Å². The first-order valence-electron chi connectivity index (χ1n) is 7.37. The van der Waals surface area contributed by atoms with Crippen LogP contribution >= 0.6 is 36.2 Å². The van der Waals surface area contributed by atoms with E-state index in [1.54, 1.807) is 5.38 Å². The molecule has 0 aliphatic heterocycles. The number of rotatable bonds is 8. The maximum atomic E-state index is 12.0. The van der Waals surface area contributed by atoms with E-state index in [9.17, 15) is 4.79 Å². The number of hydrogen-bond donors (Lipinski definition) is 2. The minimum atomic E-state index is -0.188. The molecular formula is C16H24Cl2N4O2S. The summed E-state index contributed by atoms with van der Waals surface area (Å²) in [5.41, 5.74) is 6.92. The molecule has 1 amide bonds. The van der Waals surface area contributed by atoms with Gasteiger partial charge >= 0.3 is 0 Å². The van der Waals surface area contributed by atoms with Crippen molar-refractivity contribution in [2.24, 2.45) is 5.73 Å². The lowest BCUT2D eigenvalue weighted by Crippen LogP contribution is -2.23. The van der Waals surface area contributed by atoms with Gasteiger partial charge in [0.05, 0.1) is 0 Å². The Morgan fingerprint density at radius 3 is 2.52 bits per heavy atom. The molecule has 1 aromatic heterocycles. The number of carbonyl (C=O) groups is 1. The van der Waals surface area contributed by atoms with E-state index in [-0.39, 0.29) is 30.7 Å². The number of halogens is 2. The van der Waals surface area contributed by atoms with Crippen molar-refractivity contribution in [1.29, 1.82) is 0 Å². The van der Waals surface area contributed by atoms with Crippen LogP contribution in [0.15, 0.2) is 29.6 Å². The summed E-state index contributed by atoms with van der Waals surface area (Å²) in [4.78, 5) is 18.2. The largest absolute Gasteiger partial charge is 0.492 e. The number of hydrogen-bond acceptors (Lipinski definition) is 6. The number of likely N-dealkylation sites (N-methyl/N-ethyl adjacent to an activating group) is 1. The Labute approximate surface area is 164 Å². The molecule has 2 rings (SSSR count). The highest BCUT2D eigenvalue weighted by Gasteiger charge is 2.09. The summed E-state index contributed by atoms with van der Waals surface area (Å²) < 4.78 is 5.63. The Hall–Kier alpha value is -1.38. The number of nitrogens with zero attached hydrogens (tertiary/aromatic N) is 2. The number of nitrogens with two attached hydrogens (primary N) is 1. The molecule has 0 aliphatic rings. The zero-order valence-electron chi connectivity index (χ0n) is 14.2. The molecule has 0 saturated heterocycles. The van der Waals surface area contributed by atoms with Gasteiger partial charge in [0.2, 0.25) is 0 Å². The van der Waals surface area contributed by atoms with Crippen molar-refractivity contribution in [1.82, 2.24) is 15.2 Å². The third-order valence-electron chi connectivity index (χ3n) is 3.14. The molecule has 6 nitrogen and oxygen atoms in total. The Morgan fingerprint density at radius 2 is 1.96 bits per heavy atom. The lowest BCUT2D eigenvalue weighted by molar-refractivity contribution is 0.0946. The summed E-state index contributed by atoms with van der Waals surface area (Å²) in [5, 5.41) is 5.33. The molecule has 9 heteroatoms. The summed E-state index contributed by atoms with van der Waals surface area (Å²) in [7, 11) is 4.02. The summed E-state index contributed by atoms with van der Waals surface area (Å²) in [6, 6.07) is 7.70. The van der Waals surface area contributed by atoms with Gasteiger partial charge in [-0.1, -0.05) is 12.1 Å². The van der Waals surface area contributed by atoms with E-state index in [2.05, 4.69) is 15.2 Å². The van der Waals surface area contributed by atoms with Crippen molar-refractivity contribution in [3.05, 3.63) is 45.9 Å². The van der Waals surface area contributed by atoms with E-state index in [1.807, 2.05) is 38.4 Å². The van der Waals surface area contributed by atoms with E-state index in [1.165, 1.54) is 11.3 Å². The molecule has 0 radical (unpaired) electrons. The van der Waals surface area contributed by atoms with Crippen LogP contribution in [0.3, 0.4) is 0 Å². The predicted octanol–water partition coefficient (Wildman–Crippen LogP) is 2.32. The maximum absolute atomic E-state index is 12.0. The number of aromatic nitrogens is 1. The van der Waals surface area contributed by atoms with Crippen molar-refractivity contribution in [3.8, 4) is 5.75 Å². The predicted molar refractivity (Wildman–Crippen MR) is 106 cm³/mol. The zero-order valence-corrected chi connectivity index (χ0v) is 16.7. The van der Waals surface area contributed by atoms with Gasteiger partial charge in [0, 0.05) is 25.0 Å². The van der Waals surface area contributed by atoms with E-state index in [0.717, 1.165) is 22.9 Å². The first-order valence-corrected chi connectivity index (χ1v) is 8.25. The van der Waals surface area contributed by atoms with Gasteiger partial charge in [-0.15, -0.1) is 36.2 Å². The van der Waals surface area contributed by atoms with Crippen LogP contribution in [0.4, 0.5) is 0 Å². The van der Waals surface area contributed by atoms with E-state index in [4.69, 9.17) is 10.5 Å². The van der Waals surface area contributed by atoms with Crippen LogP contribution in [0.1, 0.15) is 21.1 Å². The summed E-state index contributed by atoms with van der Waals surface area (Å²) in [6.07, 6.45) is 0. The number of ether oxygens (including phenoxy) is 1. The normalized spacial score (nSPS) is 9.92. The molecule has 1 heterocycles. The summed E-state index contributed by atoms with van der Waals surface area (Å²) in [5.74, 6) is 0.640. The van der Waals surface area contributed by atoms with Crippen LogP contribution < -0.4 is 15.8 Å². The second kappa shape index (κ2) is 12.1. The van der Waals surface area contributed by atoms with Crippen LogP contribution in [0, 0.1) is 0 Å². The first kappa shape index (κ1) is 23.6. The molecule has 2 aromatic rings. The van der Waals surface area contributed by atoms with Gasteiger partial charge in [0.1, 0.15) is 23.1 Å². The summed E-state index contributed by atoms with van der Waals surface area (Å²) >= 11 is 1.39. The van der Waals surface area contributed by atoms with Crippen molar-refractivity contribution < 1.29 is 9.53 Å². The van der Waals surface area contributed by atoms with Gasteiger partial charge in [0.25, 0.3) is 5.91 Å². The highest BCUT2D eigenvalue weighted by Crippen LogP contribution is 2.13. The fourth-order valence-electron chi connectivity index (χ4n) is 1.83. The van der Waals surface area contributed by atoms with Crippen molar-refractivity contribution in [2.75, 3.05) is 27.2 Å². The molecule has 0 atom stereocenters.